The fourth-order valence-electron chi connectivity index (χ4n) is 2.53. The molecule has 6 nitrogen and oxygen atoms in total. The summed E-state index contributed by atoms with van der Waals surface area (Å²) >= 11 is 3.33. The average Bonchev–Trinajstić information content (AvgIpc) is 3.02. The van der Waals surface area contributed by atoms with Crippen LogP contribution in [0.1, 0.15) is 31.1 Å². The second kappa shape index (κ2) is 9.30. The molecule has 1 unspecified atom stereocenters. The van der Waals surface area contributed by atoms with Gasteiger partial charge in [0, 0.05) is 10.0 Å². The van der Waals surface area contributed by atoms with E-state index in [0.717, 1.165) is 0 Å². The zero-order valence-electron chi connectivity index (χ0n) is 16.5. The highest BCUT2D eigenvalue weighted by molar-refractivity contribution is 9.10. The number of carbonyl (C=O) groups is 1. The van der Waals surface area contributed by atoms with Gasteiger partial charge in [0.1, 0.15) is 0 Å². The topological polar surface area (TPSA) is 63.2 Å². The van der Waals surface area contributed by atoms with Crippen LogP contribution in [0.4, 0.5) is 8.78 Å². The summed E-state index contributed by atoms with van der Waals surface area (Å²) in [6.07, 6.45) is -4.69. The van der Waals surface area contributed by atoms with Gasteiger partial charge < -0.3 is 23.7 Å². The van der Waals surface area contributed by atoms with Crippen LogP contribution in [0.15, 0.2) is 34.8 Å². The molecule has 0 N–H and O–H groups in total. The Hall–Kier alpha value is -2.55. The lowest BCUT2D eigenvalue weighted by Gasteiger charge is -2.19. The average molecular weight is 475 g/mol. The van der Waals surface area contributed by atoms with E-state index in [2.05, 4.69) is 25.4 Å². The van der Waals surface area contributed by atoms with Gasteiger partial charge in [-0.25, -0.2) is 0 Å². The fraction of sp³-hybridized carbons (Fsp3) is 0.350. The van der Waals surface area contributed by atoms with Crippen LogP contribution in [-0.2, 0) is 0 Å². The first kappa shape index (κ1) is 22.7. The summed E-state index contributed by atoms with van der Waals surface area (Å²) in [7, 11) is 2.91. The van der Waals surface area contributed by atoms with E-state index in [1.54, 1.807) is 12.1 Å². The quantitative estimate of drug-likeness (QED) is 0.517. The van der Waals surface area contributed by atoms with Gasteiger partial charge in [0.15, 0.2) is 29.1 Å². The van der Waals surface area contributed by atoms with Crippen molar-refractivity contribution in [1.29, 1.82) is 0 Å². The molecule has 0 aliphatic carbocycles. The minimum absolute atomic E-state index is 0.137. The van der Waals surface area contributed by atoms with Crippen molar-refractivity contribution in [2.75, 3.05) is 14.2 Å². The van der Waals surface area contributed by atoms with Crippen LogP contribution in [0.25, 0.3) is 0 Å². The van der Waals surface area contributed by atoms with Crippen molar-refractivity contribution in [2.45, 2.75) is 33.2 Å². The molecule has 0 saturated carbocycles. The molecule has 1 aliphatic rings. The molecule has 0 bridgehead atoms. The van der Waals surface area contributed by atoms with Gasteiger partial charge in [-0.1, -0.05) is 29.8 Å². The molecule has 0 saturated heterocycles. The largest absolute Gasteiger partial charge is 0.586 e. The Labute approximate surface area is 175 Å². The Morgan fingerprint density at radius 1 is 1.03 bits per heavy atom. The lowest BCUT2D eigenvalue weighted by Crippen LogP contribution is -2.26. The molecule has 0 radical (unpaired) electrons. The number of hydrogen-bond acceptors (Lipinski definition) is 6. The molecule has 9 heteroatoms. The smallest absolute Gasteiger partial charge is 0.493 e. The lowest BCUT2D eigenvalue weighted by atomic mass is 10.1. The third-order valence-electron chi connectivity index (χ3n) is 3.78. The molecule has 158 valence electrons. The second-order valence-corrected chi connectivity index (χ2v) is 6.51. The first-order valence-electron chi connectivity index (χ1n) is 8.76. The van der Waals surface area contributed by atoms with E-state index < -0.39 is 18.2 Å². The summed E-state index contributed by atoms with van der Waals surface area (Å²) in [4.78, 5) is 12.7. The number of benzene rings is 2. The zero-order chi connectivity index (χ0) is 21.8. The summed E-state index contributed by atoms with van der Waals surface area (Å²) < 4.78 is 52.0. The minimum Gasteiger partial charge on any atom is -0.493 e. The van der Waals surface area contributed by atoms with Crippen LogP contribution >= 0.6 is 15.9 Å². The minimum atomic E-state index is -3.75. The van der Waals surface area contributed by atoms with Crippen molar-refractivity contribution in [3.05, 3.63) is 40.4 Å². The normalized spacial score (nSPS) is 14.3. The molecular formula is C20H21BrF2O6. The van der Waals surface area contributed by atoms with E-state index in [-0.39, 0.29) is 22.8 Å². The molecule has 1 heterocycles. The van der Waals surface area contributed by atoms with Crippen molar-refractivity contribution >= 4 is 21.7 Å². The molecule has 0 spiro atoms. The number of carbonyl (C=O) groups excluding carboxylic acids is 1. The van der Waals surface area contributed by atoms with Crippen LogP contribution in [0.2, 0.25) is 0 Å². The molecule has 2 aromatic carbocycles. The Bertz CT molecular complexity index is 862. The van der Waals surface area contributed by atoms with E-state index in [1.807, 2.05) is 13.8 Å². The number of alkyl halides is 2. The third kappa shape index (κ3) is 5.09. The molecule has 29 heavy (non-hydrogen) atoms. The maximum atomic E-state index is 13.1. The van der Waals surface area contributed by atoms with Crippen molar-refractivity contribution < 1.29 is 37.3 Å². The van der Waals surface area contributed by atoms with Crippen molar-refractivity contribution in [2.24, 2.45) is 0 Å². The Morgan fingerprint density at radius 3 is 2.14 bits per heavy atom. The highest BCUT2D eigenvalue weighted by Crippen LogP contribution is 2.42. The number of Topliss-reactive ketones (excluding diaryl/α,β-unsaturated/α-hetero) is 1. The van der Waals surface area contributed by atoms with E-state index in [0.29, 0.717) is 16.0 Å². The van der Waals surface area contributed by atoms with Crippen molar-refractivity contribution in [3.63, 3.8) is 0 Å². The molecule has 1 atom stereocenters. The van der Waals surface area contributed by atoms with Crippen molar-refractivity contribution in [3.8, 4) is 28.7 Å². The number of fused-ring (bicyclic) bond motifs is 1. The Kier molecular flexibility index (Phi) is 7.29. The number of halogens is 3. The summed E-state index contributed by atoms with van der Waals surface area (Å²) in [5, 5.41) is 0. The summed E-state index contributed by atoms with van der Waals surface area (Å²) in [6.45, 7) is 5.53. The highest BCUT2D eigenvalue weighted by Gasteiger charge is 2.43. The molecule has 0 fully saturated rings. The summed E-state index contributed by atoms with van der Waals surface area (Å²) in [5.74, 6) is 0.190. The maximum Gasteiger partial charge on any atom is 0.586 e. The maximum absolute atomic E-state index is 13.1. The first-order valence-corrected chi connectivity index (χ1v) is 9.55. The number of methoxy groups -OCH3 is 2. The number of ether oxygens (including phenoxy) is 5. The predicted octanol–water partition coefficient (Wildman–Crippen LogP) is 5.46. The van der Waals surface area contributed by atoms with E-state index in [4.69, 9.17) is 14.2 Å². The molecule has 2 aromatic rings. The van der Waals surface area contributed by atoms with Crippen LogP contribution in [0, 0.1) is 0 Å². The highest BCUT2D eigenvalue weighted by atomic mass is 79.9. The molecule has 3 rings (SSSR count). The van der Waals surface area contributed by atoms with Crippen LogP contribution < -0.4 is 23.7 Å². The van der Waals surface area contributed by atoms with E-state index in [1.165, 1.54) is 39.3 Å². The monoisotopic (exact) mass is 474 g/mol. The predicted molar refractivity (Wildman–Crippen MR) is 106 cm³/mol. The number of ketones is 1. The SMILES string of the molecule is CC.COc1cc(Br)cc(OC)c1OC(C)C(=O)c1ccc2c(c1)OC(F)(F)O2. The van der Waals surface area contributed by atoms with E-state index >= 15 is 0 Å². The van der Waals surface area contributed by atoms with Gasteiger partial charge in [0.05, 0.1) is 14.2 Å². The van der Waals surface area contributed by atoms with Gasteiger partial charge in [0.25, 0.3) is 0 Å². The number of rotatable bonds is 6. The Balaban J connectivity index is 0.00000145. The van der Waals surface area contributed by atoms with E-state index in [9.17, 15) is 13.6 Å². The van der Waals surface area contributed by atoms with Gasteiger partial charge in [0.2, 0.25) is 11.5 Å². The molecule has 1 aliphatic heterocycles. The van der Waals surface area contributed by atoms with Gasteiger partial charge >= 0.3 is 6.29 Å². The zero-order valence-corrected chi connectivity index (χ0v) is 18.1. The van der Waals surface area contributed by atoms with Crippen LogP contribution in [0.5, 0.6) is 28.7 Å². The standard InChI is InChI=1S/C18H15BrF2O6.C2H6/c1-9(25-17-14(23-2)7-11(19)8-15(17)24-3)16(22)10-4-5-12-13(6-10)27-18(20,21)26-12;1-2/h4-9H,1-3H3;1-2H3. The van der Waals surface area contributed by atoms with Gasteiger partial charge in [-0.3, -0.25) is 4.79 Å². The second-order valence-electron chi connectivity index (χ2n) is 5.59. The van der Waals surface area contributed by atoms with Gasteiger partial charge in [-0.15, -0.1) is 8.78 Å². The first-order chi connectivity index (χ1) is 13.7. The summed E-state index contributed by atoms with van der Waals surface area (Å²) in [5.41, 5.74) is 0.137. The molecular weight excluding hydrogens is 454 g/mol. The molecule has 0 amide bonds. The number of hydrogen-bond donors (Lipinski definition) is 0. The van der Waals surface area contributed by atoms with Crippen molar-refractivity contribution in [1.82, 2.24) is 0 Å². The summed E-state index contributed by atoms with van der Waals surface area (Å²) in [6, 6.07) is 7.13. The Morgan fingerprint density at radius 2 is 1.59 bits per heavy atom. The fourth-order valence-corrected chi connectivity index (χ4v) is 2.95. The molecule has 0 aromatic heterocycles. The lowest BCUT2D eigenvalue weighted by molar-refractivity contribution is -0.286. The van der Waals surface area contributed by atoms with Gasteiger partial charge in [-0.05, 0) is 37.3 Å². The third-order valence-corrected chi connectivity index (χ3v) is 4.23. The van der Waals surface area contributed by atoms with Crippen LogP contribution in [-0.4, -0.2) is 32.4 Å². The van der Waals surface area contributed by atoms with Crippen LogP contribution in [0.3, 0.4) is 0 Å². The van der Waals surface area contributed by atoms with Gasteiger partial charge in [-0.2, -0.15) is 0 Å².